The van der Waals surface area contributed by atoms with Crippen LogP contribution in [0.1, 0.15) is 5.56 Å². The van der Waals surface area contributed by atoms with Gasteiger partial charge in [-0.1, -0.05) is 0 Å². The van der Waals surface area contributed by atoms with E-state index < -0.39 is 15.0 Å². The van der Waals surface area contributed by atoms with Gasteiger partial charge in [0.25, 0.3) is 15.8 Å². The molecular weight excluding hydrogens is 250 g/mol. The fourth-order valence-electron chi connectivity index (χ4n) is 1.52. The Balaban J connectivity index is 2.47. The summed E-state index contributed by atoms with van der Waals surface area (Å²) >= 11 is 0. The van der Waals surface area contributed by atoms with Gasteiger partial charge in [0, 0.05) is 18.6 Å². The van der Waals surface area contributed by atoms with Gasteiger partial charge in [-0.3, -0.25) is 14.7 Å². The van der Waals surface area contributed by atoms with E-state index in [1.54, 1.807) is 0 Å². The molecule has 1 N–H and O–H groups in total. The lowest BCUT2D eigenvalue weighted by atomic mass is 10.1. The largest absolute Gasteiger partial charge is 0.373 e. The summed E-state index contributed by atoms with van der Waals surface area (Å²) in [6.07, 6.45) is 0.106. The van der Waals surface area contributed by atoms with Crippen molar-refractivity contribution in [2.45, 2.75) is 17.4 Å². The molecule has 1 aliphatic heterocycles. The highest BCUT2D eigenvalue weighted by Crippen LogP contribution is 2.26. The monoisotopic (exact) mass is 259 g/mol. The zero-order chi connectivity index (χ0) is 12.6. The van der Waals surface area contributed by atoms with E-state index in [-0.39, 0.29) is 28.7 Å². The molecule has 0 saturated carbocycles. The number of hydrogen-bond donors (Lipinski definition) is 1. The van der Waals surface area contributed by atoms with Crippen LogP contribution in [0.4, 0.5) is 5.69 Å². The number of nitro benzene ring substituents is 1. The summed E-state index contributed by atoms with van der Waals surface area (Å²) < 4.78 is 36.1. The van der Waals surface area contributed by atoms with E-state index in [4.69, 9.17) is 9.29 Å². The van der Waals surface area contributed by atoms with Crippen molar-refractivity contribution >= 4 is 15.8 Å². The molecule has 7 nitrogen and oxygen atoms in total. The van der Waals surface area contributed by atoms with Crippen molar-refractivity contribution in [2.24, 2.45) is 0 Å². The number of ether oxygens (including phenoxy) is 1. The van der Waals surface area contributed by atoms with Crippen LogP contribution in [0.2, 0.25) is 0 Å². The number of rotatable bonds is 4. The zero-order valence-corrected chi connectivity index (χ0v) is 9.38. The molecule has 0 amide bonds. The lowest BCUT2D eigenvalue weighted by molar-refractivity contribution is -0.385. The molecule has 1 heterocycles. The molecule has 1 aliphatic rings. The summed E-state index contributed by atoms with van der Waals surface area (Å²) in [5.41, 5.74) is -0.0164. The molecule has 0 spiro atoms. The van der Waals surface area contributed by atoms with Crippen LogP contribution in [0.5, 0.6) is 0 Å². The Kier molecular flexibility index (Phi) is 2.86. The van der Waals surface area contributed by atoms with Crippen LogP contribution in [0.25, 0.3) is 0 Å². The third-order valence-electron chi connectivity index (χ3n) is 2.38. The smallest absolute Gasteiger partial charge is 0.294 e. The average molecular weight is 259 g/mol. The van der Waals surface area contributed by atoms with Crippen LogP contribution in [0, 0.1) is 10.1 Å². The Morgan fingerprint density at radius 2 is 2.18 bits per heavy atom. The Hall–Kier alpha value is -1.51. The molecule has 0 radical (unpaired) electrons. The van der Waals surface area contributed by atoms with Crippen molar-refractivity contribution in [2.75, 3.05) is 6.61 Å². The quantitative estimate of drug-likeness (QED) is 0.370. The van der Waals surface area contributed by atoms with Crippen LogP contribution in [0.3, 0.4) is 0 Å². The first-order valence-corrected chi connectivity index (χ1v) is 6.18. The highest BCUT2D eigenvalue weighted by Gasteiger charge is 2.27. The molecule has 0 aliphatic carbocycles. The highest BCUT2D eigenvalue weighted by molar-refractivity contribution is 7.85. The first kappa shape index (κ1) is 12.0. The van der Waals surface area contributed by atoms with E-state index in [2.05, 4.69) is 0 Å². The van der Waals surface area contributed by atoms with E-state index in [1.165, 1.54) is 0 Å². The Bertz CT molecular complexity index is 563. The molecular formula is C9H9NO6S. The topological polar surface area (TPSA) is 110 Å². The molecule has 1 aromatic rings. The third kappa shape index (κ3) is 2.78. The van der Waals surface area contributed by atoms with Crippen LogP contribution < -0.4 is 0 Å². The molecule has 1 unspecified atom stereocenters. The van der Waals surface area contributed by atoms with Crippen molar-refractivity contribution in [1.82, 2.24) is 0 Å². The van der Waals surface area contributed by atoms with Gasteiger partial charge < -0.3 is 4.74 Å². The van der Waals surface area contributed by atoms with Crippen LogP contribution in [-0.4, -0.2) is 30.6 Å². The van der Waals surface area contributed by atoms with Gasteiger partial charge in [-0.15, -0.1) is 0 Å². The van der Waals surface area contributed by atoms with Gasteiger partial charge in [-0.2, -0.15) is 8.42 Å². The van der Waals surface area contributed by atoms with Gasteiger partial charge in [0.15, 0.2) is 0 Å². The number of non-ortho nitro benzene ring substituents is 1. The van der Waals surface area contributed by atoms with Crippen molar-refractivity contribution in [3.05, 3.63) is 33.9 Å². The van der Waals surface area contributed by atoms with Gasteiger partial charge in [-0.05, 0) is 11.6 Å². The van der Waals surface area contributed by atoms with E-state index in [9.17, 15) is 18.5 Å². The van der Waals surface area contributed by atoms with Crippen molar-refractivity contribution in [3.63, 3.8) is 0 Å². The normalized spacial score (nSPS) is 19.0. The molecule has 0 bridgehead atoms. The SMILES string of the molecule is O=[N+]([O-])c1ccc(S(=O)(=O)O)c(CC2CO2)c1. The molecule has 1 saturated heterocycles. The Morgan fingerprint density at radius 3 is 2.65 bits per heavy atom. The summed E-state index contributed by atoms with van der Waals surface area (Å²) in [5, 5.41) is 10.6. The first-order valence-electron chi connectivity index (χ1n) is 4.74. The van der Waals surface area contributed by atoms with E-state index >= 15 is 0 Å². The predicted octanol–water partition coefficient (Wildman–Crippen LogP) is 0.783. The van der Waals surface area contributed by atoms with Crippen molar-refractivity contribution in [1.29, 1.82) is 0 Å². The molecule has 1 fully saturated rings. The van der Waals surface area contributed by atoms with Crippen LogP contribution in [0.15, 0.2) is 23.1 Å². The molecule has 1 atom stereocenters. The van der Waals surface area contributed by atoms with Gasteiger partial charge >= 0.3 is 0 Å². The number of benzene rings is 1. The average Bonchev–Trinajstić information content (AvgIpc) is 2.99. The predicted molar refractivity (Wildman–Crippen MR) is 56.4 cm³/mol. The van der Waals surface area contributed by atoms with Gasteiger partial charge in [-0.25, -0.2) is 0 Å². The minimum Gasteiger partial charge on any atom is -0.373 e. The van der Waals surface area contributed by atoms with E-state index in [0.717, 1.165) is 18.2 Å². The van der Waals surface area contributed by atoms with Gasteiger partial charge in [0.1, 0.15) is 0 Å². The van der Waals surface area contributed by atoms with E-state index in [0.29, 0.717) is 6.61 Å². The standard InChI is InChI=1S/C9H9NO6S/c11-10(12)7-1-2-9(17(13,14)15)6(3-7)4-8-5-16-8/h1-3,8H,4-5H2,(H,13,14,15). The minimum absolute atomic E-state index is 0.127. The molecule has 0 aromatic heterocycles. The van der Waals surface area contributed by atoms with Gasteiger partial charge in [0.05, 0.1) is 22.5 Å². The summed E-state index contributed by atoms with van der Waals surface area (Å²) in [6.45, 7) is 0.494. The first-order chi connectivity index (χ1) is 7.88. The summed E-state index contributed by atoms with van der Waals surface area (Å²) in [4.78, 5) is 9.65. The fraction of sp³-hybridized carbons (Fsp3) is 0.333. The number of epoxide rings is 1. The summed E-state index contributed by atoms with van der Waals surface area (Å²) in [5.74, 6) is 0. The highest BCUT2D eigenvalue weighted by atomic mass is 32.2. The zero-order valence-electron chi connectivity index (χ0n) is 8.57. The van der Waals surface area contributed by atoms with Crippen LogP contribution >= 0.6 is 0 Å². The second kappa shape index (κ2) is 4.06. The molecule has 1 aromatic carbocycles. The number of nitro groups is 1. The number of hydrogen-bond acceptors (Lipinski definition) is 5. The second-order valence-corrected chi connectivity index (χ2v) is 5.07. The number of nitrogens with zero attached hydrogens (tertiary/aromatic N) is 1. The molecule has 2 rings (SSSR count). The Morgan fingerprint density at radius 1 is 1.53 bits per heavy atom. The summed E-state index contributed by atoms with van der Waals surface area (Å²) in [7, 11) is -4.37. The fourth-order valence-corrected chi connectivity index (χ4v) is 2.24. The molecule has 17 heavy (non-hydrogen) atoms. The maximum atomic E-state index is 11.1. The van der Waals surface area contributed by atoms with Crippen molar-refractivity contribution < 1.29 is 22.6 Å². The minimum atomic E-state index is -4.37. The maximum Gasteiger partial charge on any atom is 0.294 e. The lowest BCUT2D eigenvalue weighted by Gasteiger charge is -2.05. The lowest BCUT2D eigenvalue weighted by Crippen LogP contribution is -2.06. The second-order valence-electron chi connectivity index (χ2n) is 3.68. The van der Waals surface area contributed by atoms with E-state index in [1.807, 2.05) is 0 Å². The van der Waals surface area contributed by atoms with Crippen LogP contribution in [-0.2, 0) is 21.3 Å². The summed E-state index contributed by atoms with van der Waals surface area (Å²) in [6, 6.07) is 3.22. The van der Waals surface area contributed by atoms with Crippen molar-refractivity contribution in [3.8, 4) is 0 Å². The maximum absolute atomic E-state index is 11.1. The van der Waals surface area contributed by atoms with Gasteiger partial charge in [0.2, 0.25) is 0 Å². The molecule has 92 valence electrons. The Labute approximate surface area is 96.9 Å². The molecule has 8 heteroatoms. The third-order valence-corrected chi connectivity index (χ3v) is 3.34.